The van der Waals surface area contributed by atoms with Crippen LogP contribution in [-0.4, -0.2) is 19.1 Å². The summed E-state index contributed by atoms with van der Waals surface area (Å²) in [6.07, 6.45) is 0. The van der Waals surface area contributed by atoms with E-state index in [-0.39, 0.29) is 5.91 Å². The summed E-state index contributed by atoms with van der Waals surface area (Å²) in [5.41, 5.74) is 2.66. The van der Waals surface area contributed by atoms with Gasteiger partial charge < -0.3 is 20.1 Å². The third-order valence-corrected chi connectivity index (χ3v) is 4.25. The zero-order valence-corrected chi connectivity index (χ0v) is 16.2. The highest BCUT2D eigenvalue weighted by atomic mass is 16.5. The first-order valence-corrected chi connectivity index (χ1v) is 9.10. The van der Waals surface area contributed by atoms with E-state index < -0.39 is 6.04 Å². The van der Waals surface area contributed by atoms with Gasteiger partial charge in [-0.05, 0) is 62.4 Å². The smallest absolute Gasteiger partial charge is 0.246 e. The highest BCUT2D eigenvalue weighted by Gasteiger charge is 2.14. The molecule has 0 aliphatic rings. The lowest BCUT2D eigenvalue weighted by molar-refractivity contribution is -0.116. The van der Waals surface area contributed by atoms with E-state index in [4.69, 9.17) is 9.47 Å². The van der Waals surface area contributed by atoms with Crippen LogP contribution < -0.4 is 20.1 Å². The van der Waals surface area contributed by atoms with Crippen molar-refractivity contribution in [2.24, 2.45) is 0 Å². The maximum Gasteiger partial charge on any atom is 0.246 e. The molecule has 0 aliphatic heterocycles. The number of ether oxygens (including phenoxy) is 2. The second-order valence-electron chi connectivity index (χ2n) is 6.50. The second kappa shape index (κ2) is 8.95. The van der Waals surface area contributed by atoms with Crippen molar-refractivity contribution in [2.75, 3.05) is 17.7 Å². The number of methoxy groups -OCH3 is 1. The maximum atomic E-state index is 12.5. The molecule has 3 rings (SSSR count). The van der Waals surface area contributed by atoms with E-state index in [1.54, 1.807) is 19.2 Å². The molecule has 0 radical (unpaired) electrons. The van der Waals surface area contributed by atoms with Crippen LogP contribution in [0.5, 0.6) is 17.2 Å². The fourth-order valence-corrected chi connectivity index (χ4v) is 2.67. The lowest BCUT2D eigenvalue weighted by atomic mass is 10.2. The van der Waals surface area contributed by atoms with Gasteiger partial charge in [-0.1, -0.05) is 29.8 Å². The molecular formula is C23H24N2O3. The summed E-state index contributed by atoms with van der Waals surface area (Å²) in [4.78, 5) is 12.5. The quantitative estimate of drug-likeness (QED) is 0.592. The molecule has 3 aromatic carbocycles. The van der Waals surface area contributed by atoms with Gasteiger partial charge in [0, 0.05) is 5.69 Å². The molecule has 5 heteroatoms. The van der Waals surface area contributed by atoms with Crippen LogP contribution in [0.1, 0.15) is 12.5 Å². The minimum atomic E-state index is -0.422. The third-order valence-electron chi connectivity index (χ3n) is 4.25. The highest BCUT2D eigenvalue weighted by molar-refractivity contribution is 5.97. The first-order chi connectivity index (χ1) is 13.5. The monoisotopic (exact) mass is 376 g/mol. The van der Waals surface area contributed by atoms with Gasteiger partial charge in [-0.15, -0.1) is 0 Å². The second-order valence-corrected chi connectivity index (χ2v) is 6.50. The normalized spacial score (nSPS) is 11.4. The molecule has 1 amide bonds. The Balaban J connectivity index is 1.58. The van der Waals surface area contributed by atoms with Gasteiger partial charge in [0.05, 0.1) is 12.8 Å². The molecule has 0 saturated heterocycles. The Morgan fingerprint density at radius 2 is 1.50 bits per heavy atom. The van der Waals surface area contributed by atoms with Crippen LogP contribution in [0.15, 0.2) is 72.8 Å². The van der Waals surface area contributed by atoms with Crippen LogP contribution in [0.3, 0.4) is 0 Å². The molecule has 0 saturated carbocycles. The molecule has 0 fully saturated rings. The van der Waals surface area contributed by atoms with E-state index >= 15 is 0 Å². The van der Waals surface area contributed by atoms with E-state index in [1.165, 1.54) is 5.56 Å². The van der Waals surface area contributed by atoms with Crippen LogP contribution in [0.4, 0.5) is 11.4 Å². The topological polar surface area (TPSA) is 59.6 Å². The van der Waals surface area contributed by atoms with Gasteiger partial charge >= 0.3 is 0 Å². The van der Waals surface area contributed by atoms with Gasteiger partial charge in [0.1, 0.15) is 23.3 Å². The molecular weight excluding hydrogens is 352 g/mol. The van der Waals surface area contributed by atoms with E-state index in [1.807, 2.05) is 74.5 Å². The van der Waals surface area contributed by atoms with Crippen molar-refractivity contribution in [3.8, 4) is 17.2 Å². The number of nitrogens with one attached hydrogen (secondary N) is 2. The van der Waals surface area contributed by atoms with E-state index in [9.17, 15) is 4.79 Å². The Kier molecular flexibility index (Phi) is 6.17. The summed E-state index contributed by atoms with van der Waals surface area (Å²) in [5.74, 6) is 2.00. The summed E-state index contributed by atoms with van der Waals surface area (Å²) >= 11 is 0. The number of benzene rings is 3. The van der Waals surface area contributed by atoms with E-state index in [0.29, 0.717) is 11.4 Å². The predicted octanol–water partition coefficient (Wildman–Crippen LogP) is 5.24. The summed E-state index contributed by atoms with van der Waals surface area (Å²) in [6, 6.07) is 22.3. The number of amides is 1. The number of hydrogen-bond acceptors (Lipinski definition) is 4. The predicted molar refractivity (Wildman–Crippen MR) is 112 cm³/mol. The Bertz CT molecular complexity index is 921. The Morgan fingerprint density at radius 3 is 2.14 bits per heavy atom. The molecule has 5 nitrogen and oxygen atoms in total. The minimum absolute atomic E-state index is 0.149. The molecule has 3 aromatic rings. The summed E-state index contributed by atoms with van der Waals surface area (Å²) < 4.78 is 11.1. The number of carbonyl (C=O) groups is 1. The SMILES string of the molecule is COc1ccccc1NC(=O)[C@H](C)Nc1ccc(Oc2ccc(C)cc2)cc1. The fourth-order valence-electron chi connectivity index (χ4n) is 2.67. The summed E-state index contributed by atoms with van der Waals surface area (Å²) in [5, 5.41) is 6.07. The zero-order chi connectivity index (χ0) is 19.9. The molecule has 0 unspecified atom stereocenters. The standard InChI is InChI=1S/C23H24N2O3/c1-16-8-12-19(13-9-16)28-20-14-10-18(11-15-20)24-17(2)23(26)25-21-6-4-5-7-22(21)27-3/h4-15,17,24H,1-3H3,(H,25,26)/t17-/m0/s1. The van der Waals surface area contributed by atoms with Crippen LogP contribution >= 0.6 is 0 Å². The molecule has 0 heterocycles. The first-order valence-electron chi connectivity index (χ1n) is 9.10. The summed E-state index contributed by atoms with van der Waals surface area (Å²) in [6.45, 7) is 3.84. The van der Waals surface area contributed by atoms with E-state index in [2.05, 4.69) is 10.6 Å². The van der Waals surface area contributed by atoms with Crippen molar-refractivity contribution in [2.45, 2.75) is 19.9 Å². The zero-order valence-electron chi connectivity index (χ0n) is 16.2. The maximum absolute atomic E-state index is 12.5. The van der Waals surface area contributed by atoms with Crippen molar-refractivity contribution in [1.82, 2.24) is 0 Å². The molecule has 144 valence electrons. The first kappa shape index (κ1) is 19.3. The summed E-state index contributed by atoms with van der Waals surface area (Å²) in [7, 11) is 1.58. The van der Waals surface area contributed by atoms with Crippen LogP contribution in [0, 0.1) is 6.92 Å². The van der Waals surface area contributed by atoms with Gasteiger partial charge in [0.25, 0.3) is 0 Å². The van der Waals surface area contributed by atoms with Crippen LogP contribution in [0.2, 0.25) is 0 Å². The molecule has 0 bridgehead atoms. The molecule has 2 N–H and O–H groups in total. The Labute approximate surface area is 165 Å². The average molecular weight is 376 g/mol. The van der Waals surface area contributed by atoms with Crippen molar-refractivity contribution in [3.05, 3.63) is 78.4 Å². The number of rotatable bonds is 7. The average Bonchev–Trinajstić information content (AvgIpc) is 2.71. The molecule has 1 atom stereocenters. The van der Waals surface area contributed by atoms with Gasteiger partial charge in [0.15, 0.2) is 0 Å². The van der Waals surface area contributed by atoms with Crippen molar-refractivity contribution in [3.63, 3.8) is 0 Å². The molecule has 0 spiro atoms. The third kappa shape index (κ3) is 5.04. The lowest BCUT2D eigenvalue weighted by Gasteiger charge is -2.17. The van der Waals surface area contributed by atoms with Gasteiger partial charge in [-0.2, -0.15) is 0 Å². The lowest BCUT2D eigenvalue weighted by Crippen LogP contribution is -2.31. The Hall–Kier alpha value is -3.47. The fraction of sp³-hybridized carbons (Fsp3) is 0.174. The van der Waals surface area contributed by atoms with Crippen LogP contribution in [-0.2, 0) is 4.79 Å². The number of aryl methyl sites for hydroxylation is 1. The number of carbonyl (C=O) groups excluding carboxylic acids is 1. The Morgan fingerprint density at radius 1 is 0.893 bits per heavy atom. The van der Waals surface area contributed by atoms with Gasteiger partial charge in [0.2, 0.25) is 5.91 Å². The molecule has 0 aliphatic carbocycles. The van der Waals surface area contributed by atoms with Crippen molar-refractivity contribution >= 4 is 17.3 Å². The number of hydrogen-bond donors (Lipinski definition) is 2. The van der Waals surface area contributed by atoms with Gasteiger partial charge in [-0.25, -0.2) is 0 Å². The van der Waals surface area contributed by atoms with Crippen molar-refractivity contribution in [1.29, 1.82) is 0 Å². The highest BCUT2D eigenvalue weighted by Crippen LogP contribution is 2.25. The van der Waals surface area contributed by atoms with Crippen LogP contribution in [0.25, 0.3) is 0 Å². The number of para-hydroxylation sites is 2. The molecule has 28 heavy (non-hydrogen) atoms. The minimum Gasteiger partial charge on any atom is -0.495 e. The molecule has 0 aromatic heterocycles. The van der Waals surface area contributed by atoms with E-state index in [0.717, 1.165) is 17.2 Å². The van der Waals surface area contributed by atoms with Gasteiger partial charge in [-0.3, -0.25) is 4.79 Å². The largest absolute Gasteiger partial charge is 0.495 e. The number of anilines is 2. The van der Waals surface area contributed by atoms with Crippen molar-refractivity contribution < 1.29 is 14.3 Å².